The van der Waals surface area contributed by atoms with Crippen LogP contribution in [0.2, 0.25) is 0 Å². The van der Waals surface area contributed by atoms with E-state index in [4.69, 9.17) is 18.9 Å². The number of methoxy groups -OCH3 is 1. The van der Waals surface area contributed by atoms with Crippen LogP contribution in [0, 0.1) is 5.92 Å². The van der Waals surface area contributed by atoms with E-state index in [0.29, 0.717) is 6.61 Å². The summed E-state index contributed by atoms with van der Waals surface area (Å²) in [6.45, 7) is 7.47. The van der Waals surface area contributed by atoms with Crippen LogP contribution >= 0.6 is 0 Å². The average molecular weight is 332 g/mol. The first-order chi connectivity index (χ1) is 10.7. The second kappa shape index (κ2) is 11.1. The van der Waals surface area contributed by atoms with Crippen LogP contribution in [-0.4, -0.2) is 56.9 Å². The third-order valence-corrected chi connectivity index (χ3v) is 2.70. The number of ketones is 1. The molecule has 0 saturated carbocycles. The zero-order valence-corrected chi connectivity index (χ0v) is 14.7. The molecule has 0 radical (unpaired) electrons. The molecule has 0 aliphatic carbocycles. The maximum Gasteiger partial charge on any atom is 0.317 e. The highest BCUT2D eigenvalue weighted by molar-refractivity contribution is 6.00. The highest BCUT2D eigenvalue weighted by Crippen LogP contribution is 2.17. The minimum atomic E-state index is -1.04. The number of hydrogen-bond acceptors (Lipinski definition) is 7. The van der Waals surface area contributed by atoms with Crippen molar-refractivity contribution < 1.29 is 33.3 Å². The molecular weight excluding hydrogens is 304 g/mol. The summed E-state index contributed by atoms with van der Waals surface area (Å²) in [5.41, 5.74) is -0.712. The van der Waals surface area contributed by atoms with Crippen molar-refractivity contribution in [2.24, 2.45) is 5.92 Å². The predicted octanol–water partition coefficient (Wildman–Crippen LogP) is 1.52. The lowest BCUT2D eigenvalue weighted by Gasteiger charge is -2.23. The van der Waals surface area contributed by atoms with Gasteiger partial charge in [-0.15, -0.1) is 0 Å². The van der Waals surface area contributed by atoms with E-state index in [1.807, 2.05) is 0 Å². The Hall–Kier alpha value is -1.47. The molecular formula is C16H28O7. The smallest absolute Gasteiger partial charge is 0.317 e. The van der Waals surface area contributed by atoms with E-state index in [0.717, 1.165) is 0 Å². The lowest BCUT2D eigenvalue weighted by Crippen LogP contribution is -2.35. The molecule has 0 rings (SSSR count). The first-order valence-electron chi connectivity index (χ1n) is 7.69. The van der Waals surface area contributed by atoms with Crippen LogP contribution in [0.5, 0.6) is 0 Å². The first-order valence-corrected chi connectivity index (χ1v) is 7.69. The molecule has 0 aromatic heterocycles. The number of hydrogen-bond donors (Lipinski definition) is 0. The van der Waals surface area contributed by atoms with Gasteiger partial charge in [0, 0.05) is 13.5 Å². The van der Waals surface area contributed by atoms with Crippen LogP contribution in [0.1, 0.15) is 40.5 Å². The molecule has 0 aliphatic heterocycles. The Morgan fingerprint density at radius 3 is 2.26 bits per heavy atom. The summed E-state index contributed by atoms with van der Waals surface area (Å²) in [5, 5.41) is 0. The van der Waals surface area contributed by atoms with Crippen LogP contribution < -0.4 is 0 Å². The maximum atomic E-state index is 12.2. The van der Waals surface area contributed by atoms with Gasteiger partial charge in [-0.2, -0.15) is 0 Å². The average Bonchev–Trinajstić information content (AvgIpc) is 2.42. The van der Waals surface area contributed by atoms with E-state index in [1.54, 1.807) is 27.7 Å². The van der Waals surface area contributed by atoms with Crippen LogP contribution in [0.4, 0.5) is 0 Å². The van der Waals surface area contributed by atoms with E-state index in [2.05, 4.69) is 0 Å². The van der Waals surface area contributed by atoms with Crippen molar-refractivity contribution in [3.05, 3.63) is 0 Å². The minimum Gasteiger partial charge on any atom is -0.466 e. The lowest BCUT2D eigenvalue weighted by molar-refractivity contribution is -0.163. The summed E-state index contributed by atoms with van der Waals surface area (Å²) < 4.78 is 20.0. The largest absolute Gasteiger partial charge is 0.466 e. The Bertz CT molecular complexity index is 384. The fourth-order valence-electron chi connectivity index (χ4n) is 1.69. The zero-order chi connectivity index (χ0) is 17.9. The molecule has 23 heavy (non-hydrogen) atoms. The van der Waals surface area contributed by atoms with Crippen LogP contribution in [0.3, 0.4) is 0 Å². The second-order valence-electron chi connectivity index (χ2n) is 5.94. The summed E-state index contributed by atoms with van der Waals surface area (Å²) in [6.07, 6.45) is 0.0157. The highest BCUT2D eigenvalue weighted by Gasteiger charge is 2.31. The molecule has 0 spiro atoms. The lowest BCUT2D eigenvalue weighted by atomic mass is 9.98. The molecule has 0 N–H and O–H groups in total. The summed E-state index contributed by atoms with van der Waals surface area (Å²) in [6, 6.07) is 0. The van der Waals surface area contributed by atoms with Crippen molar-refractivity contribution in [1.82, 2.24) is 0 Å². The number of ether oxygens (including phenoxy) is 4. The van der Waals surface area contributed by atoms with Gasteiger partial charge in [-0.25, -0.2) is 0 Å². The van der Waals surface area contributed by atoms with E-state index in [1.165, 1.54) is 7.11 Å². The van der Waals surface area contributed by atoms with Crippen LogP contribution in [0.25, 0.3) is 0 Å². The summed E-state index contributed by atoms with van der Waals surface area (Å²) in [5.74, 6) is -2.56. The van der Waals surface area contributed by atoms with E-state index in [-0.39, 0.29) is 32.7 Å². The van der Waals surface area contributed by atoms with Gasteiger partial charge in [0.25, 0.3) is 0 Å². The van der Waals surface area contributed by atoms with Crippen molar-refractivity contribution in [3.63, 3.8) is 0 Å². The topological polar surface area (TPSA) is 88.1 Å². The summed E-state index contributed by atoms with van der Waals surface area (Å²) in [4.78, 5) is 35.8. The Morgan fingerprint density at radius 2 is 1.74 bits per heavy atom. The molecule has 134 valence electrons. The number of rotatable bonds is 11. The van der Waals surface area contributed by atoms with Gasteiger partial charge in [-0.3, -0.25) is 14.4 Å². The van der Waals surface area contributed by atoms with Gasteiger partial charge in [0.15, 0.2) is 5.78 Å². The van der Waals surface area contributed by atoms with Gasteiger partial charge < -0.3 is 18.9 Å². The van der Waals surface area contributed by atoms with Gasteiger partial charge >= 0.3 is 11.9 Å². The fourth-order valence-corrected chi connectivity index (χ4v) is 1.69. The Labute approximate surface area is 137 Å². The minimum absolute atomic E-state index is 0.0262. The molecule has 1 unspecified atom stereocenters. The van der Waals surface area contributed by atoms with Crippen molar-refractivity contribution >= 4 is 17.7 Å². The molecule has 0 aromatic rings. The number of carbonyl (C=O) groups excluding carboxylic acids is 3. The first kappa shape index (κ1) is 21.5. The van der Waals surface area contributed by atoms with E-state index >= 15 is 0 Å². The molecule has 1 atom stereocenters. The van der Waals surface area contributed by atoms with Gasteiger partial charge in [-0.1, -0.05) is 0 Å². The maximum absolute atomic E-state index is 12.2. The van der Waals surface area contributed by atoms with E-state index in [9.17, 15) is 14.4 Å². The molecule has 7 heteroatoms. The fraction of sp³-hybridized carbons (Fsp3) is 0.812. The van der Waals surface area contributed by atoms with Crippen molar-refractivity contribution in [2.75, 3.05) is 33.5 Å². The van der Waals surface area contributed by atoms with Gasteiger partial charge in [-0.05, 0) is 34.1 Å². The molecule has 0 fully saturated rings. The molecule has 0 amide bonds. The van der Waals surface area contributed by atoms with Crippen molar-refractivity contribution in [2.45, 2.75) is 46.1 Å². The van der Waals surface area contributed by atoms with E-state index < -0.39 is 29.2 Å². The molecule has 0 saturated heterocycles. The van der Waals surface area contributed by atoms with Gasteiger partial charge in [0.05, 0.1) is 19.8 Å². The zero-order valence-electron chi connectivity index (χ0n) is 14.7. The molecule has 0 bridgehead atoms. The number of esters is 2. The normalized spacial score (nSPS) is 12.6. The second-order valence-corrected chi connectivity index (χ2v) is 5.94. The van der Waals surface area contributed by atoms with Crippen molar-refractivity contribution in [3.8, 4) is 0 Å². The predicted molar refractivity (Wildman–Crippen MR) is 82.9 cm³/mol. The van der Waals surface area contributed by atoms with Crippen LogP contribution in [-0.2, 0) is 33.3 Å². The molecule has 7 nitrogen and oxygen atoms in total. The SMILES string of the molecule is CCOC(=O)CCC(C(=O)COCCOC)C(=O)OC(C)(C)C. The molecule has 0 aliphatic rings. The molecule has 0 heterocycles. The monoisotopic (exact) mass is 332 g/mol. The third-order valence-electron chi connectivity index (χ3n) is 2.70. The highest BCUT2D eigenvalue weighted by atomic mass is 16.6. The number of Topliss-reactive ketones (excluding diaryl/α,β-unsaturated/α-hetero) is 1. The Balaban J connectivity index is 4.67. The Morgan fingerprint density at radius 1 is 1.09 bits per heavy atom. The third kappa shape index (κ3) is 10.8. The standard InChI is InChI=1S/C16H28O7/c1-6-22-14(18)8-7-12(15(19)23-16(2,3)4)13(17)11-21-10-9-20-5/h12H,6-11H2,1-5H3. The quantitative estimate of drug-likeness (QED) is 0.322. The molecule has 0 aromatic carbocycles. The van der Waals surface area contributed by atoms with Crippen LogP contribution in [0.15, 0.2) is 0 Å². The number of carbonyl (C=O) groups is 3. The summed E-state index contributed by atoms with van der Waals surface area (Å²) in [7, 11) is 1.52. The van der Waals surface area contributed by atoms with Gasteiger partial charge in [0.2, 0.25) is 0 Å². The Kier molecular flexibility index (Phi) is 10.4. The van der Waals surface area contributed by atoms with Gasteiger partial charge in [0.1, 0.15) is 18.1 Å². The summed E-state index contributed by atoms with van der Waals surface area (Å²) >= 11 is 0. The van der Waals surface area contributed by atoms with Crippen molar-refractivity contribution in [1.29, 1.82) is 0 Å².